The van der Waals surface area contributed by atoms with Gasteiger partial charge in [-0.05, 0) is 49.1 Å². The number of thiazole rings is 1. The smallest absolute Gasteiger partial charge is 0.226 e. The van der Waals surface area contributed by atoms with E-state index in [0.717, 1.165) is 42.7 Å². The van der Waals surface area contributed by atoms with E-state index in [0.29, 0.717) is 11.6 Å². The summed E-state index contributed by atoms with van der Waals surface area (Å²) in [5, 5.41) is 12.7. The van der Waals surface area contributed by atoms with E-state index >= 15 is 0 Å². The van der Waals surface area contributed by atoms with Crippen LogP contribution in [0.4, 0.5) is 5.13 Å². The highest BCUT2D eigenvalue weighted by Crippen LogP contribution is 2.29. The first-order chi connectivity index (χ1) is 10.7. The summed E-state index contributed by atoms with van der Waals surface area (Å²) in [6.07, 6.45) is 6.51. The van der Waals surface area contributed by atoms with Crippen molar-refractivity contribution in [1.82, 2.24) is 4.98 Å². The van der Waals surface area contributed by atoms with Gasteiger partial charge < -0.3 is 28.6 Å². The van der Waals surface area contributed by atoms with Gasteiger partial charge in [0.25, 0.3) is 0 Å². The largest absolute Gasteiger partial charge is 1.00 e. The third-order valence-electron chi connectivity index (χ3n) is 3.31. The second kappa shape index (κ2) is 10.2. The van der Waals surface area contributed by atoms with Crippen molar-refractivity contribution in [2.24, 2.45) is 0 Å². The van der Waals surface area contributed by atoms with Gasteiger partial charge in [0.05, 0.1) is 11.4 Å². The molecule has 0 bridgehead atoms. The lowest BCUT2D eigenvalue weighted by Crippen LogP contribution is -3.00. The van der Waals surface area contributed by atoms with Crippen LogP contribution in [0.2, 0.25) is 0 Å². The molecule has 0 aliphatic rings. The Morgan fingerprint density at radius 2 is 1.87 bits per heavy atom. The maximum absolute atomic E-state index is 11.8. The van der Waals surface area contributed by atoms with Gasteiger partial charge in [-0.3, -0.25) is 4.79 Å². The lowest BCUT2D eigenvalue weighted by molar-refractivity contribution is -0.368. The molecule has 0 aliphatic heterocycles. The van der Waals surface area contributed by atoms with Gasteiger partial charge >= 0.3 is 0 Å². The Hall–Kier alpha value is -1.63. The van der Waals surface area contributed by atoms with E-state index in [9.17, 15) is 9.90 Å². The Morgan fingerprint density at radius 3 is 2.57 bits per heavy atom. The van der Waals surface area contributed by atoms with Crippen LogP contribution in [0.1, 0.15) is 32.1 Å². The molecule has 5 nitrogen and oxygen atoms in total. The number of quaternary nitrogens is 1. The van der Waals surface area contributed by atoms with Crippen LogP contribution in [-0.4, -0.2) is 22.5 Å². The number of amides is 1. The van der Waals surface area contributed by atoms with E-state index in [2.05, 4.69) is 16.0 Å². The number of unbranched alkanes of at least 4 members (excludes halogenated alkanes) is 3. The van der Waals surface area contributed by atoms with Crippen molar-refractivity contribution >= 4 is 22.4 Å². The van der Waals surface area contributed by atoms with E-state index < -0.39 is 0 Å². The lowest BCUT2D eigenvalue weighted by Gasteiger charge is -2.01. The first-order valence-corrected chi connectivity index (χ1v) is 8.35. The first kappa shape index (κ1) is 19.4. The number of hydrogen-bond donors (Lipinski definition) is 3. The number of rotatable bonds is 8. The number of carbonyl (C=O) groups is 1. The predicted molar refractivity (Wildman–Crippen MR) is 88.7 cm³/mol. The van der Waals surface area contributed by atoms with E-state index in [-0.39, 0.29) is 24.1 Å². The maximum Gasteiger partial charge on any atom is 0.226 e. The van der Waals surface area contributed by atoms with Crippen LogP contribution in [0.15, 0.2) is 30.5 Å². The summed E-state index contributed by atoms with van der Waals surface area (Å²) in [5.74, 6) is 0.252. The Bertz CT molecular complexity index is 602. The molecule has 1 amide bonds. The molecule has 0 radical (unpaired) electrons. The zero-order valence-electron chi connectivity index (χ0n) is 12.9. The number of nitrogens with one attached hydrogen (secondary N) is 1. The highest BCUT2D eigenvalue weighted by atomic mass is 35.5. The minimum atomic E-state index is 0. The molecule has 0 atom stereocenters. The first-order valence-electron chi connectivity index (χ1n) is 7.53. The zero-order valence-corrected chi connectivity index (χ0v) is 14.5. The van der Waals surface area contributed by atoms with Crippen LogP contribution in [0.5, 0.6) is 5.75 Å². The number of benzene rings is 1. The predicted octanol–water partition coefficient (Wildman–Crippen LogP) is -0.349. The minimum absolute atomic E-state index is 0. The highest BCUT2D eigenvalue weighted by molar-refractivity contribution is 7.19. The molecule has 5 N–H and O–H groups in total. The molecule has 23 heavy (non-hydrogen) atoms. The fourth-order valence-corrected chi connectivity index (χ4v) is 2.93. The second-order valence-corrected chi connectivity index (χ2v) is 6.17. The van der Waals surface area contributed by atoms with Crippen LogP contribution >= 0.6 is 11.3 Å². The van der Waals surface area contributed by atoms with Gasteiger partial charge in [0.1, 0.15) is 5.75 Å². The number of aromatic nitrogens is 1. The Balaban J connectivity index is 0.00000264. The second-order valence-electron chi connectivity index (χ2n) is 5.14. The van der Waals surface area contributed by atoms with Gasteiger partial charge in [0.15, 0.2) is 5.13 Å². The van der Waals surface area contributed by atoms with E-state index in [1.54, 1.807) is 18.3 Å². The minimum Gasteiger partial charge on any atom is -1.00 e. The zero-order chi connectivity index (χ0) is 15.8. The quantitative estimate of drug-likeness (QED) is 0.565. The van der Waals surface area contributed by atoms with Crippen molar-refractivity contribution in [1.29, 1.82) is 0 Å². The molecule has 7 heteroatoms. The Kier molecular flexibility index (Phi) is 8.61. The molecule has 0 fully saturated rings. The SMILES string of the molecule is [Cl-].[NH3+]CCCCCCC(=O)Nc1ncc(-c2ccc(O)cc2)s1. The Labute approximate surface area is 146 Å². The molecular formula is C16H22ClN3O2S. The topological polar surface area (TPSA) is 89.9 Å². The molecule has 2 rings (SSSR count). The van der Waals surface area contributed by atoms with E-state index in [1.165, 1.54) is 11.3 Å². The van der Waals surface area contributed by atoms with Gasteiger partial charge in [0.2, 0.25) is 5.91 Å². The third-order valence-corrected chi connectivity index (χ3v) is 4.27. The molecular weight excluding hydrogens is 334 g/mol. The molecule has 1 heterocycles. The number of hydrogen-bond acceptors (Lipinski definition) is 4. The number of anilines is 1. The summed E-state index contributed by atoms with van der Waals surface area (Å²) in [6, 6.07) is 6.94. The van der Waals surface area contributed by atoms with E-state index in [1.807, 2.05) is 12.1 Å². The molecule has 1 aromatic carbocycles. The van der Waals surface area contributed by atoms with Crippen LogP contribution in [0.25, 0.3) is 10.4 Å². The molecule has 2 aromatic rings. The molecule has 0 saturated carbocycles. The van der Waals surface area contributed by atoms with Crippen molar-refractivity contribution in [3.63, 3.8) is 0 Å². The van der Waals surface area contributed by atoms with Crippen molar-refractivity contribution in [2.75, 3.05) is 11.9 Å². The summed E-state index contributed by atoms with van der Waals surface area (Å²) in [5.41, 5.74) is 4.78. The van der Waals surface area contributed by atoms with Crippen molar-refractivity contribution in [2.45, 2.75) is 32.1 Å². The van der Waals surface area contributed by atoms with Gasteiger partial charge in [-0.1, -0.05) is 17.8 Å². The molecule has 0 aliphatic carbocycles. The van der Waals surface area contributed by atoms with Gasteiger partial charge in [-0.2, -0.15) is 0 Å². The summed E-state index contributed by atoms with van der Waals surface area (Å²) < 4.78 is 0. The number of phenols is 1. The summed E-state index contributed by atoms with van der Waals surface area (Å²) >= 11 is 1.43. The molecule has 0 unspecified atom stereocenters. The average molecular weight is 356 g/mol. The summed E-state index contributed by atoms with van der Waals surface area (Å²) in [4.78, 5) is 17.0. The number of phenolic OH excluding ortho intramolecular Hbond substituents is 1. The van der Waals surface area contributed by atoms with Crippen LogP contribution < -0.4 is 23.5 Å². The van der Waals surface area contributed by atoms with Crippen LogP contribution in [-0.2, 0) is 4.79 Å². The fraction of sp³-hybridized carbons (Fsp3) is 0.375. The molecule has 1 aromatic heterocycles. The summed E-state index contributed by atoms with van der Waals surface area (Å²) in [6.45, 7) is 0.964. The van der Waals surface area contributed by atoms with Crippen LogP contribution in [0.3, 0.4) is 0 Å². The van der Waals surface area contributed by atoms with Crippen molar-refractivity contribution in [3.8, 4) is 16.2 Å². The van der Waals surface area contributed by atoms with Gasteiger partial charge in [-0.15, -0.1) is 0 Å². The molecule has 0 spiro atoms. The number of nitrogens with zero attached hydrogens (tertiary/aromatic N) is 1. The normalized spacial score (nSPS) is 10.1. The monoisotopic (exact) mass is 355 g/mol. The average Bonchev–Trinajstić information content (AvgIpc) is 2.96. The summed E-state index contributed by atoms with van der Waals surface area (Å²) in [7, 11) is 0. The lowest BCUT2D eigenvalue weighted by atomic mass is 10.1. The highest BCUT2D eigenvalue weighted by Gasteiger charge is 2.08. The fourth-order valence-electron chi connectivity index (χ4n) is 2.09. The number of aromatic hydroxyl groups is 1. The Morgan fingerprint density at radius 1 is 1.17 bits per heavy atom. The number of halogens is 1. The maximum atomic E-state index is 11.8. The molecule has 0 saturated heterocycles. The van der Waals surface area contributed by atoms with E-state index in [4.69, 9.17) is 0 Å². The van der Waals surface area contributed by atoms with Crippen LogP contribution in [0, 0.1) is 0 Å². The standard InChI is InChI=1S/C16H21N3O2S.ClH/c17-10-4-2-1-3-5-15(21)19-16-18-11-14(22-16)12-6-8-13(20)9-7-12;/h6-9,11,20H,1-5,10,17H2,(H,18,19,21);1H. The van der Waals surface area contributed by atoms with Gasteiger partial charge in [-0.25, -0.2) is 4.98 Å². The number of carbonyl (C=O) groups excluding carboxylic acids is 1. The van der Waals surface area contributed by atoms with Gasteiger partial charge in [0, 0.05) is 12.6 Å². The van der Waals surface area contributed by atoms with Crippen molar-refractivity contribution < 1.29 is 28.0 Å². The van der Waals surface area contributed by atoms with Crippen molar-refractivity contribution in [3.05, 3.63) is 30.5 Å². The third kappa shape index (κ3) is 6.56. The molecule has 126 valence electrons.